The summed E-state index contributed by atoms with van der Waals surface area (Å²) in [6.07, 6.45) is 3.56. The molecule has 0 aliphatic heterocycles. The molecule has 1 aliphatic carbocycles. The van der Waals surface area contributed by atoms with Crippen LogP contribution in [0.4, 0.5) is 0 Å². The molecule has 1 aliphatic rings. The first-order valence-corrected chi connectivity index (χ1v) is 8.39. The van der Waals surface area contributed by atoms with E-state index in [1.807, 2.05) is 30.3 Å². The Bertz CT molecular complexity index is 518. The van der Waals surface area contributed by atoms with Gasteiger partial charge in [-0.2, -0.15) is 0 Å². The minimum atomic E-state index is -0.0117. The van der Waals surface area contributed by atoms with Crippen molar-refractivity contribution in [3.8, 4) is 0 Å². The molecule has 2 amide bonds. The van der Waals surface area contributed by atoms with Crippen molar-refractivity contribution in [1.29, 1.82) is 0 Å². The van der Waals surface area contributed by atoms with Gasteiger partial charge in [-0.15, -0.1) is 0 Å². The minimum absolute atomic E-state index is 0.00895. The van der Waals surface area contributed by atoms with Crippen LogP contribution in [0, 0.1) is 5.92 Å². The van der Waals surface area contributed by atoms with Crippen molar-refractivity contribution in [2.75, 3.05) is 13.1 Å². The Hall–Kier alpha value is -1.88. The lowest BCUT2D eigenvalue weighted by Crippen LogP contribution is -2.41. The van der Waals surface area contributed by atoms with Gasteiger partial charge < -0.3 is 16.0 Å². The molecule has 1 saturated carbocycles. The van der Waals surface area contributed by atoms with Crippen molar-refractivity contribution in [3.63, 3.8) is 0 Å². The van der Waals surface area contributed by atoms with Crippen molar-refractivity contribution in [2.24, 2.45) is 11.7 Å². The fraction of sp³-hybridized carbons (Fsp3) is 0.556. The zero-order valence-electron chi connectivity index (χ0n) is 13.8. The maximum atomic E-state index is 12.2. The van der Waals surface area contributed by atoms with E-state index in [0.717, 1.165) is 24.8 Å². The Morgan fingerprint density at radius 3 is 2.65 bits per heavy atom. The van der Waals surface area contributed by atoms with Gasteiger partial charge in [0, 0.05) is 32.5 Å². The summed E-state index contributed by atoms with van der Waals surface area (Å²) in [7, 11) is 0. The Kier molecular flexibility index (Phi) is 6.59. The average molecular weight is 317 g/mol. The smallest absolute Gasteiger partial charge is 0.222 e. The fourth-order valence-corrected chi connectivity index (χ4v) is 3.18. The molecular weight excluding hydrogens is 290 g/mol. The molecule has 126 valence electrons. The third-order valence-corrected chi connectivity index (χ3v) is 4.58. The highest BCUT2D eigenvalue weighted by molar-refractivity contribution is 5.78. The quantitative estimate of drug-likeness (QED) is 0.803. The van der Waals surface area contributed by atoms with Gasteiger partial charge in [0.2, 0.25) is 11.8 Å². The lowest BCUT2D eigenvalue weighted by molar-refractivity contribution is -0.130. The number of carbonyl (C=O) groups is 2. The van der Waals surface area contributed by atoms with E-state index in [0.29, 0.717) is 32.0 Å². The second-order valence-electron chi connectivity index (χ2n) is 6.28. The third kappa shape index (κ3) is 5.36. The van der Waals surface area contributed by atoms with Crippen molar-refractivity contribution < 1.29 is 9.59 Å². The van der Waals surface area contributed by atoms with E-state index in [-0.39, 0.29) is 17.9 Å². The normalized spacial score (nSPS) is 20.3. The van der Waals surface area contributed by atoms with Crippen LogP contribution in [0.5, 0.6) is 0 Å². The van der Waals surface area contributed by atoms with E-state index in [9.17, 15) is 9.59 Å². The van der Waals surface area contributed by atoms with Crippen molar-refractivity contribution in [2.45, 2.75) is 45.2 Å². The summed E-state index contributed by atoms with van der Waals surface area (Å²) in [4.78, 5) is 25.6. The molecule has 5 nitrogen and oxygen atoms in total. The van der Waals surface area contributed by atoms with Crippen LogP contribution >= 0.6 is 0 Å². The third-order valence-electron chi connectivity index (χ3n) is 4.58. The molecule has 1 aromatic carbocycles. The zero-order valence-corrected chi connectivity index (χ0v) is 13.8. The number of amides is 2. The minimum Gasteiger partial charge on any atom is -0.353 e. The number of hydrogen-bond donors (Lipinski definition) is 2. The van der Waals surface area contributed by atoms with Crippen LogP contribution in [-0.2, 0) is 16.1 Å². The highest BCUT2D eigenvalue weighted by Crippen LogP contribution is 2.24. The summed E-state index contributed by atoms with van der Waals surface area (Å²) >= 11 is 0. The van der Waals surface area contributed by atoms with E-state index in [1.54, 1.807) is 11.8 Å². The summed E-state index contributed by atoms with van der Waals surface area (Å²) in [6, 6.07) is 10.0. The number of hydrogen-bond acceptors (Lipinski definition) is 3. The Balaban J connectivity index is 1.81. The number of nitrogens with two attached hydrogens (primary N) is 1. The first-order valence-electron chi connectivity index (χ1n) is 8.39. The molecule has 23 heavy (non-hydrogen) atoms. The van der Waals surface area contributed by atoms with Crippen LogP contribution in [0.2, 0.25) is 0 Å². The van der Waals surface area contributed by atoms with Crippen molar-refractivity contribution >= 4 is 11.8 Å². The summed E-state index contributed by atoms with van der Waals surface area (Å²) in [5.41, 5.74) is 6.81. The average Bonchev–Trinajstić information content (AvgIpc) is 2.99. The van der Waals surface area contributed by atoms with E-state index < -0.39 is 0 Å². The van der Waals surface area contributed by atoms with Gasteiger partial charge >= 0.3 is 0 Å². The maximum absolute atomic E-state index is 12.2. The van der Waals surface area contributed by atoms with Crippen LogP contribution < -0.4 is 11.1 Å². The van der Waals surface area contributed by atoms with Gasteiger partial charge in [0.1, 0.15) is 0 Å². The molecule has 2 rings (SSSR count). The molecule has 2 atom stereocenters. The molecular formula is C18H27N3O2. The lowest BCUT2D eigenvalue weighted by atomic mass is 10.0. The number of carbonyl (C=O) groups excluding carboxylic acids is 2. The molecule has 0 aromatic heterocycles. The predicted molar refractivity (Wildman–Crippen MR) is 90.5 cm³/mol. The highest BCUT2D eigenvalue weighted by atomic mass is 16.2. The first kappa shape index (κ1) is 17.5. The first-order chi connectivity index (χ1) is 11.1. The summed E-state index contributed by atoms with van der Waals surface area (Å²) in [6.45, 7) is 3.15. The van der Waals surface area contributed by atoms with Crippen LogP contribution in [0.25, 0.3) is 0 Å². The van der Waals surface area contributed by atoms with E-state index in [2.05, 4.69) is 5.32 Å². The molecule has 3 N–H and O–H groups in total. The topological polar surface area (TPSA) is 75.4 Å². The Labute approximate surface area is 138 Å². The second kappa shape index (κ2) is 8.67. The van der Waals surface area contributed by atoms with Gasteiger partial charge in [-0.25, -0.2) is 0 Å². The highest BCUT2D eigenvalue weighted by Gasteiger charge is 2.27. The molecule has 0 spiro atoms. The predicted octanol–water partition coefficient (Wildman–Crippen LogP) is 1.67. The lowest BCUT2D eigenvalue weighted by Gasteiger charge is -2.23. The van der Waals surface area contributed by atoms with E-state index in [4.69, 9.17) is 5.73 Å². The summed E-state index contributed by atoms with van der Waals surface area (Å²) in [5.74, 6) is 0.393. The SMILES string of the molecule is CC(=O)N(CCC(=O)NC1CCCC1CN)Cc1ccccc1. The number of rotatable bonds is 7. The number of benzene rings is 1. The van der Waals surface area contributed by atoms with Gasteiger partial charge in [-0.3, -0.25) is 9.59 Å². The molecule has 1 aromatic rings. The van der Waals surface area contributed by atoms with Crippen LogP contribution in [0.3, 0.4) is 0 Å². The van der Waals surface area contributed by atoms with E-state index in [1.165, 1.54) is 0 Å². The van der Waals surface area contributed by atoms with Gasteiger partial charge in [0.15, 0.2) is 0 Å². The van der Waals surface area contributed by atoms with Gasteiger partial charge in [-0.05, 0) is 30.9 Å². The van der Waals surface area contributed by atoms with Crippen LogP contribution in [-0.4, -0.2) is 35.8 Å². The summed E-state index contributed by atoms with van der Waals surface area (Å²) < 4.78 is 0. The van der Waals surface area contributed by atoms with Gasteiger partial charge in [0.05, 0.1) is 0 Å². The van der Waals surface area contributed by atoms with Crippen LogP contribution in [0.15, 0.2) is 30.3 Å². The van der Waals surface area contributed by atoms with E-state index >= 15 is 0 Å². The van der Waals surface area contributed by atoms with Crippen LogP contribution in [0.1, 0.15) is 38.2 Å². The van der Waals surface area contributed by atoms with Gasteiger partial charge in [0.25, 0.3) is 0 Å². The standard InChI is InChI=1S/C18H27N3O2/c1-14(22)21(13-15-6-3-2-4-7-15)11-10-18(23)20-17-9-5-8-16(17)12-19/h2-4,6-7,16-17H,5,8-13,19H2,1H3,(H,20,23). The summed E-state index contributed by atoms with van der Waals surface area (Å²) in [5, 5.41) is 3.08. The number of nitrogens with zero attached hydrogens (tertiary/aromatic N) is 1. The molecule has 5 heteroatoms. The van der Waals surface area contributed by atoms with Gasteiger partial charge in [-0.1, -0.05) is 36.8 Å². The second-order valence-corrected chi connectivity index (χ2v) is 6.28. The van der Waals surface area contributed by atoms with Crippen molar-refractivity contribution in [1.82, 2.24) is 10.2 Å². The Morgan fingerprint density at radius 2 is 2.00 bits per heavy atom. The molecule has 0 radical (unpaired) electrons. The fourth-order valence-electron chi connectivity index (χ4n) is 3.18. The molecule has 0 heterocycles. The molecule has 2 unspecified atom stereocenters. The molecule has 0 saturated heterocycles. The monoisotopic (exact) mass is 317 g/mol. The number of nitrogens with one attached hydrogen (secondary N) is 1. The van der Waals surface area contributed by atoms with Crippen molar-refractivity contribution in [3.05, 3.63) is 35.9 Å². The largest absolute Gasteiger partial charge is 0.353 e. The zero-order chi connectivity index (χ0) is 16.7. The molecule has 0 bridgehead atoms. The Morgan fingerprint density at radius 1 is 1.26 bits per heavy atom. The maximum Gasteiger partial charge on any atom is 0.222 e. The molecule has 1 fully saturated rings.